The van der Waals surface area contributed by atoms with Crippen LogP contribution in [0.25, 0.3) is 0 Å². The molecule has 1 aromatic heterocycles. The molecule has 0 saturated carbocycles. The molecule has 1 aromatic carbocycles. The van der Waals surface area contributed by atoms with E-state index in [2.05, 4.69) is 42.4 Å². The van der Waals surface area contributed by atoms with E-state index in [4.69, 9.17) is 4.98 Å². The summed E-state index contributed by atoms with van der Waals surface area (Å²) in [5.41, 5.74) is 5.14. The molecule has 2 aliphatic rings. The fourth-order valence-electron chi connectivity index (χ4n) is 4.32. The van der Waals surface area contributed by atoms with E-state index in [9.17, 15) is 4.79 Å². The van der Waals surface area contributed by atoms with E-state index in [0.29, 0.717) is 0 Å². The Bertz CT molecular complexity index is 805. The largest absolute Gasteiger partial charge is 0.356 e. The first-order chi connectivity index (χ1) is 13.1. The van der Waals surface area contributed by atoms with Crippen LogP contribution in [0.2, 0.25) is 0 Å². The molecule has 27 heavy (non-hydrogen) atoms. The monoisotopic (exact) mass is 383 g/mol. The average molecular weight is 384 g/mol. The lowest BCUT2D eigenvalue weighted by Gasteiger charge is -2.32. The van der Waals surface area contributed by atoms with Crippen molar-refractivity contribution in [3.63, 3.8) is 0 Å². The summed E-state index contributed by atoms with van der Waals surface area (Å²) in [4.78, 5) is 21.4. The maximum Gasteiger partial charge on any atom is 0.228 e. The van der Waals surface area contributed by atoms with Crippen LogP contribution in [0.3, 0.4) is 0 Å². The van der Waals surface area contributed by atoms with Gasteiger partial charge in [-0.3, -0.25) is 4.79 Å². The number of nitrogens with one attached hydrogen (secondary N) is 1. The second kappa shape index (κ2) is 8.11. The summed E-state index contributed by atoms with van der Waals surface area (Å²) in [6.07, 6.45) is 6.87. The second-order valence-electron chi connectivity index (χ2n) is 7.97. The van der Waals surface area contributed by atoms with Gasteiger partial charge in [-0.1, -0.05) is 18.2 Å². The van der Waals surface area contributed by atoms with Crippen LogP contribution in [-0.2, 0) is 30.6 Å². The molecule has 0 radical (unpaired) electrons. The molecule has 0 spiro atoms. The van der Waals surface area contributed by atoms with E-state index < -0.39 is 0 Å². The van der Waals surface area contributed by atoms with Crippen molar-refractivity contribution in [3.05, 3.63) is 50.5 Å². The van der Waals surface area contributed by atoms with Gasteiger partial charge < -0.3 is 10.2 Å². The van der Waals surface area contributed by atoms with Crippen LogP contribution >= 0.6 is 11.3 Å². The lowest BCUT2D eigenvalue weighted by molar-refractivity contribution is -0.123. The number of rotatable bonds is 5. The number of benzene rings is 1. The zero-order valence-corrected chi connectivity index (χ0v) is 17.2. The molecule has 144 valence electrons. The first kappa shape index (κ1) is 18.6. The van der Waals surface area contributed by atoms with E-state index in [0.717, 1.165) is 38.9 Å². The van der Waals surface area contributed by atoms with Crippen LogP contribution in [0.5, 0.6) is 0 Å². The average Bonchev–Trinajstić information content (AvgIpc) is 3.08. The van der Waals surface area contributed by atoms with Crippen molar-refractivity contribution in [2.45, 2.75) is 57.9 Å². The van der Waals surface area contributed by atoms with E-state index in [-0.39, 0.29) is 11.8 Å². The highest BCUT2D eigenvalue weighted by molar-refractivity contribution is 7.11. The Kier molecular flexibility index (Phi) is 5.60. The van der Waals surface area contributed by atoms with Crippen LogP contribution in [0, 0.1) is 6.92 Å². The predicted octanol–water partition coefficient (Wildman–Crippen LogP) is 3.61. The molecule has 0 bridgehead atoms. The maximum absolute atomic E-state index is 12.8. The third kappa shape index (κ3) is 4.09. The minimum absolute atomic E-state index is 0.0640. The summed E-state index contributed by atoms with van der Waals surface area (Å²) >= 11 is 1.88. The molecule has 1 aliphatic heterocycles. The summed E-state index contributed by atoms with van der Waals surface area (Å²) in [6.45, 7) is 4.59. The number of carbonyl (C=O) groups is 1. The van der Waals surface area contributed by atoms with Crippen molar-refractivity contribution < 1.29 is 4.79 Å². The van der Waals surface area contributed by atoms with Gasteiger partial charge in [0.25, 0.3) is 0 Å². The molecule has 2 aromatic rings. The maximum atomic E-state index is 12.8. The molecule has 1 amide bonds. The number of hydrogen-bond acceptors (Lipinski definition) is 4. The summed E-state index contributed by atoms with van der Waals surface area (Å²) in [5, 5.41) is 4.42. The van der Waals surface area contributed by atoms with E-state index >= 15 is 0 Å². The van der Waals surface area contributed by atoms with Crippen molar-refractivity contribution >= 4 is 17.2 Å². The summed E-state index contributed by atoms with van der Waals surface area (Å²) < 4.78 is 0. The number of amides is 1. The zero-order valence-electron chi connectivity index (χ0n) is 16.4. The van der Waals surface area contributed by atoms with Gasteiger partial charge in [0.15, 0.2) is 0 Å². The zero-order chi connectivity index (χ0) is 18.8. The molecular weight excluding hydrogens is 354 g/mol. The molecule has 0 fully saturated rings. The fourth-order valence-corrected chi connectivity index (χ4v) is 5.52. The number of fused-ring (bicyclic) bond motifs is 2. The van der Waals surface area contributed by atoms with Crippen LogP contribution in [-0.4, -0.2) is 35.9 Å². The van der Waals surface area contributed by atoms with Crippen molar-refractivity contribution in [1.29, 1.82) is 0 Å². The van der Waals surface area contributed by atoms with Gasteiger partial charge in [0, 0.05) is 30.9 Å². The van der Waals surface area contributed by atoms with Gasteiger partial charge in [-0.05, 0) is 62.8 Å². The van der Waals surface area contributed by atoms with Gasteiger partial charge in [0.05, 0.1) is 16.6 Å². The molecule has 1 unspecified atom stereocenters. The molecule has 2 heterocycles. The van der Waals surface area contributed by atoms with Crippen molar-refractivity contribution in [2.75, 3.05) is 20.1 Å². The summed E-state index contributed by atoms with van der Waals surface area (Å²) in [5.74, 6) is 0.0951. The Balaban J connectivity index is 1.32. The Morgan fingerprint density at radius 2 is 2.19 bits per heavy atom. The SMILES string of the molecule is Cc1cccc2c1CN(C)CC2C(=O)NCCCc1nc2c(s1)CCCC2. The van der Waals surface area contributed by atoms with Crippen LogP contribution in [0.15, 0.2) is 18.2 Å². The lowest BCUT2D eigenvalue weighted by Crippen LogP contribution is -2.40. The van der Waals surface area contributed by atoms with Gasteiger partial charge in [0.1, 0.15) is 0 Å². The number of nitrogens with zero attached hydrogens (tertiary/aromatic N) is 2. The quantitative estimate of drug-likeness (QED) is 0.803. The van der Waals surface area contributed by atoms with Crippen molar-refractivity contribution in [3.8, 4) is 0 Å². The predicted molar refractivity (Wildman–Crippen MR) is 110 cm³/mol. The minimum Gasteiger partial charge on any atom is -0.356 e. The van der Waals surface area contributed by atoms with E-state index in [1.807, 2.05) is 11.3 Å². The number of hydrogen-bond donors (Lipinski definition) is 1. The molecule has 0 saturated heterocycles. The number of aryl methyl sites for hydroxylation is 4. The number of likely N-dealkylation sites (N-methyl/N-ethyl adjacent to an activating group) is 1. The molecule has 1 aliphatic carbocycles. The number of thiazole rings is 1. The molecular formula is C22H29N3OS. The minimum atomic E-state index is -0.0640. The Morgan fingerprint density at radius 1 is 1.33 bits per heavy atom. The van der Waals surface area contributed by atoms with Crippen LogP contribution < -0.4 is 5.32 Å². The normalized spacial score (nSPS) is 19.4. The first-order valence-corrected chi connectivity index (χ1v) is 11.0. The topological polar surface area (TPSA) is 45.2 Å². The number of aromatic nitrogens is 1. The Labute approximate surface area is 166 Å². The lowest BCUT2D eigenvalue weighted by atomic mass is 9.87. The second-order valence-corrected chi connectivity index (χ2v) is 9.14. The highest BCUT2D eigenvalue weighted by Crippen LogP contribution is 2.30. The van der Waals surface area contributed by atoms with E-state index in [1.165, 1.54) is 51.5 Å². The number of carbonyl (C=O) groups excluding carboxylic acids is 1. The van der Waals surface area contributed by atoms with Gasteiger partial charge in [-0.25, -0.2) is 4.98 Å². The van der Waals surface area contributed by atoms with Crippen molar-refractivity contribution in [2.24, 2.45) is 0 Å². The smallest absolute Gasteiger partial charge is 0.228 e. The van der Waals surface area contributed by atoms with Crippen LogP contribution in [0.4, 0.5) is 0 Å². The molecule has 4 rings (SSSR count). The molecule has 4 nitrogen and oxygen atoms in total. The van der Waals surface area contributed by atoms with Crippen LogP contribution in [0.1, 0.15) is 57.4 Å². The van der Waals surface area contributed by atoms with Gasteiger partial charge >= 0.3 is 0 Å². The third-order valence-corrected chi connectivity index (χ3v) is 7.03. The Hall–Kier alpha value is -1.72. The molecule has 5 heteroatoms. The van der Waals surface area contributed by atoms with E-state index in [1.54, 1.807) is 0 Å². The van der Waals surface area contributed by atoms with Crippen molar-refractivity contribution in [1.82, 2.24) is 15.2 Å². The summed E-state index contributed by atoms with van der Waals surface area (Å²) in [6, 6.07) is 6.34. The first-order valence-electron chi connectivity index (χ1n) is 10.1. The highest BCUT2D eigenvalue weighted by Gasteiger charge is 2.29. The molecule has 1 N–H and O–H groups in total. The Morgan fingerprint density at radius 3 is 3.04 bits per heavy atom. The van der Waals surface area contributed by atoms with Gasteiger partial charge in [-0.2, -0.15) is 0 Å². The van der Waals surface area contributed by atoms with Gasteiger partial charge in [0.2, 0.25) is 5.91 Å². The highest BCUT2D eigenvalue weighted by atomic mass is 32.1. The summed E-state index contributed by atoms with van der Waals surface area (Å²) in [7, 11) is 2.10. The standard InChI is InChI=1S/C22H29N3OS/c1-15-7-5-8-16-17(15)13-25(2)14-18(16)22(26)23-12-6-11-21-24-19-9-3-4-10-20(19)27-21/h5,7-8,18H,3-4,6,9-14H2,1-2H3,(H,23,26). The molecule has 1 atom stereocenters. The van der Waals surface area contributed by atoms with Gasteiger partial charge in [-0.15, -0.1) is 11.3 Å². The third-order valence-electron chi connectivity index (χ3n) is 5.82. The fraction of sp³-hybridized carbons (Fsp3) is 0.545.